The van der Waals surface area contributed by atoms with Crippen LogP contribution in [0.15, 0.2) is 48.5 Å². The highest BCUT2D eigenvalue weighted by Gasteiger charge is 2.31. The predicted molar refractivity (Wildman–Crippen MR) is 110 cm³/mol. The quantitative estimate of drug-likeness (QED) is 0.867. The Kier molecular flexibility index (Phi) is 6.47. The Morgan fingerprint density at radius 3 is 2.50 bits per heavy atom. The molecule has 0 radical (unpaired) electrons. The number of aliphatic hydroxyl groups excluding tert-OH is 1. The number of aliphatic hydroxyl groups is 1. The van der Waals surface area contributed by atoms with Crippen LogP contribution in [0.3, 0.4) is 0 Å². The zero-order valence-electron chi connectivity index (χ0n) is 16.6. The van der Waals surface area contributed by atoms with Gasteiger partial charge in [0.15, 0.2) is 0 Å². The van der Waals surface area contributed by atoms with Crippen molar-refractivity contribution in [3.05, 3.63) is 59.7 Å². The van der Waals surface area contributed by atoms with Crippen LogP contribution in [0.1, 0.15) is 18.1 Å². The Bertz CT molecular complexity index is 832. The van der Waals surface area contributed by atoms with Crippen molar-refractivity contribution < 1.29 is 14.7 Å². The van der Waals surface area contributed by atoms with Crippen molar-refractivity contribution in [1.82, 2.24) is 9.80 Å². The summed E-state index contributed by atoms with van der Waals surface area (Å²) in [6, 6.07) is 16.5. The molecule has 0 aromatic heterocycles. The van der Waals surface area contributed by atoms with Gasteiger partial charge >= 0.3 is 0 Å². The molecule has 3 rings (SSSR count). The lowest BCUT2D eigenvalue weighted by Crippen LogP contribution is -2.38. The summed E-state index contributed by atoms with van der Waals surface area (Å²) in [4.78, 5) is 28.6. The van der Waals surface area contributed by atoms with Gasteiger partial charge in [-0.2, -0.15) is 0 Å². The number of benzene rings is 2. The van der Waals surface area contributed by atoms with Crippen molar-refractivity contribution in [2.45, 2.75) is 20.3 Å². The van der Waals surface area contributed by atoms with Crippen molar-refractivity contribution in [3.63, 3.8) is 0 Å². The number of hydrogen-bond acceptors (Lipinski definition) is 3. The van der Waals surface area contributed by atoms with Crippen molar-refractivity contribution in [2.75, 3.05) is 32.8 Å². The van der Waals surface area contributed by atoms with E-state index in [-0.39, 0.29) is 17.7 Å². The largest absolute Gasteiger partial charge is 0.387 e. The fraction of sp³-hybridized carbons (Fsp3) is 0.391. The first-order valence-corrected chi connectivity index (χ1v) is 9.85. The fourth-order valence-corrected chi connectivity index (χ4v) is 3.82. The highest BCUT2D eigenvalue weighted by Crippen LogP contribution is 2.27. The van der Waals surface area contributed by atoms with E-state index in [9.17, 15) is 14.7 Å². The van der Waals surface area contributed by atoms with Crippen molar-refractivity contribution >= 4 is 11.8 Å². The van der Waals surface area contributed by atoms with Crippen LogP contribution in [0.5, 0.6) is 0 Å². The summed E-state index contributed by atoms with van der Waals surface area (Å²) < 4.78 is 0. The third-order valence-electron chi connectivity index (χ3n) is 5.46. The summed E-state index contributed by atoms with van der Waals surface area (Å²) in [5.74, 6) is -0.554. The second-order valence-corrected chi connectivity index (χ2v) is 7.34. The van der Waals surface area contributed by atoms with E-state index in [1.165, 1.54) is 5.56 Å². The zero-order valence-corrected chi connectivity index (χ0v) is 16.6. The number of rotatable bonds is 5. The topological polar surface area (TPSA) is 60.9 Å². The normalized spacial score (nSPS) is 17.5. The second kappa shape index (κ2) is 9.02. The van der Waals surface area contributed by atoms with Gasteiger partial charge in [-0.15, -0.1) is 0 Å². The number of likely N-dealkylation sites (N-methyl/N-ethyl adjacent to an activating group) is 1. The molecular weight excluding hydrogens is 352 g/mol. The summed E-state index contributed by atoms with van der Waals surface area (Å²) in [6.07, 6.45) is 0.564. The standard InChI is InChI=1S/C23H28N2O3/c1-3-24-12-13-25(22(27)16-26)15-20(23(24)28)14-19-6-4-5-7-21(19)18-10-8-17(2)9-11-18/h4-11,20,26H,3,12-16H2,1-2H3. The van der Waals surface area contributed by atoms with Crippen LogP contribution in [-0.2, 0) is 16.0 Å². The number of amides is 2. The third-order valence-corrected chi connectivity index (χ3v) is 5.46. The molecule has 5 nitrogen and oxygen atoms in total. The van der Waals surface area contributed by atoms with Gasteiger partial charge < -0.3 is 14.9 Å². The van der Waals surface area contributed by atoms with E-state index in [1.54, 1.807) is 4.90 Å². The van der Waals surface area contributed by atoms with Crippen molar-refractivity contribution in [3.8, 4) is 11.1 Å². The summed E-state index contributed by atoms with van der Waals surface area (Å²) in [5.41, 5.74) is 4.54. The van der Waals surface area contributed by atoms with Crippen molar-refractivity contribution in [2.24, 2.45) is 5.92 Å². The molecule has 0 spiro atoms. The Hall–Kier alpha value is -2.66. The van der Waals surface area contributed by atoms with E-state index >= 15 is 0 Å². The molecule has 28 heavy (non-hydrogen) atoms. The van der Waals surface area contributed by atoms with Crippen LogP contribution in [0.25, 0.3) is 11.1 Å². The molecule has 1 fully saturated rings. The molecule has 1 saturated heterocycles. The molecule has 2 aromatic carbocycles. The minimum Gasteiger partial charge on any atom is -0.387 e. The summed E-state index contributed by atoms with van der Waals surface area (Å²) in [5, 5.41) is 9.27. The summed E-state index contributed by atoms with van der Waals surface area (Å²) in [6.45, 7) is 5.44. The maximum absolute atomic E-state index is 13.1. The lowest BCUT2D eigenvalue weighted by molar-refractivity contribution is -0.135. The van der Waals surface area contributed by atoms with Gasteiger partial charge in [0.05, 0.1) is 5.92 Å². The van der Waals surface area contributed by atoms with Crippen molar-refractivity contribution in [1.29, 1.82) is 0 Å². The predicted octanol–water partition coefficient (Wildman–Crippen LogP) is 2.50. The fourth-order valence-electron chi connectivity index (χ4n) is 3.82. The molecule has 2 amide bonds. The first-order chi connectivity index (χ1) is 13.5. The minimum absolute atomic E-state index is 0.0782. The molecule has 0 bridgehead atoms. The van der Waals surface area contributed by atoms with E-state index in [1.807, 2.05) is 24.0 Å². The van der Waals surface area contributed by atoms with E-state index in [4.69, 9.17) is 0 Å². The third kappa shape index (κ3) is 4.42. The smallest absolute Gasteiger partial charge is 0.248 e. The molecule has 2 aromatic rings. The molecule has 1 unspecified atom stereocenters. The van der Waals surface area contributed by atoms with Crippen LogP contribution in [0, 0.1) is 12.8 Å². The van der Waals surface area contributed by atoms with Gasteiger partial charge in [-0.25, -0.2) is 0 Å². The number of carbonyl (C=O) groups excluding carboxylic acids is 2. The second-order valence-electron chi connectivity index (χ2n) is 7.34. The average molecular weight is 380 g/mol. The number of aryl methyl sites for hydroxylation is 1. The summed E-state index contributed by atoms with van der Waals surface area (Å²) in [7, 11) is 0. The van der Waals surface area contributed by atoms with Gasteiger partial charge in [0.2, 0.25) is 11.8 Å². The molecular formula is C23H28N2O3. The van der Waals surface area contributed by atoms with E-state index in [0.29, 0.717) is 32.6 Å². The van der Waals surface area contributed by atoms with Gasteiger partial charge in [-0.05, 0) is 37.0 Å². The van der Waals surface area contributed by atoms with Gasteiger partial charge in [-0.1, -0.05) is 54.1 Å². The SMILES string of the molecule is CCN1CCN(C(=O)CO)CC(Cc2ccccc2-c2ccc(C)cc2)C1=O. The summed E-state index contributed by atoms with van der Waals surface area (Å²) >= 11 is 0. The molecule has 0 saturated carbocycles. The molecule has 148 valence electrons. The number of hydrogen-bond donors (Lipinski definition) is 1. The Morgan fingerprint density at radius 2 is 1.82 bits per heavy atom. The molecule has 1 atom stereocenters. The molecule has 0 aliphatic carbocycles. The van der Waals surface area contributed by atoms with Crippen LogP contribution in [0.2, 0.25) is 0 Å². The molecule has 1 N–H and O–H groups in total. The zero-order chi connectivity index (χ0) is 20.1. The van der Waals surface area contributed by atoms with E-state index < -0.39 is 6.61 Å². The average Bonchev–Trinajstić information content (AvgIpc) is 2.87. The first-order valence-electron chi connectivity index (χ1n) is 9.85. The van der Waals surface area contributed by atoms with Crippen LogP contribution in [0.4, 0.5) is 0 Å². The Balaban J connectivity index is 1.91. The first kappa shape index (κ1) is 20.1. The Labute approximate surface area is 166 Å². The van der Waals surface area contributed by atoms with Gasteiger partial charge in [-0.3, -0.25) is 9.59 Å². The number of nitrogens with zero attached hydrogens (tertiary/aromatic N) is 2. The van der Waals surface area contributed by atoms with E-state index in [0.717, 1.165) is 16.7 Å². The Morgan fingerprint density at radius 1 is 1.11 bits per heavy atom. The van der Waals surface area contributed by atoms with Gasteiger partial charge in [0.25, 0.3) is 0 Å². The lowest BCUT2D eigenvalue weighted by atomic mass is 9.91. The van der Waals surface area contributed by atoms with Crippen LogP contribution in [-0.4, -0.2) is 59.5 Å². The molecule has 1 aliphatic heterocycles. The number of carbonyl (C=O) groups is 2. The van der Waals surface area contributed by atoms with E-state index in [2.05, 4.69) is 43.3 Å². The van der Waals surface area contributed by atoms with Crippen LogP contribution >= 0.6 is 0 Å². The van der Waals surface area contributed by atoms with Crippen LogP contribution < -0.4 is 0 Å². The maximum atomic E-state index is 13.1. The maximum Gasteiger partial charge on any atom is 0.248 e. The lowest BCUT2D eigenvalue weighted by Gasteiger charge is -2.24. The minimum atomic E-state index is -0.521. The monoisotopic (exact) mass is 380 g/mol. The molecule has 5 heteroatoms. The molecule has 1 heterocycles. The van der Waals surface area contributed by atoms with Gasteiger partial charge in [0, 0.05) is 26.2 Å². The highest BCUT2D eigenvalue weighted by atomic mass is 16.3. The highest BCUT2D eigenvalue weighted by molar-refractivity contribution is 5.83. The van der Waals surface area contributed by atoms with Gasteiger partial charge in [0.1, 0.15) is 6.61 Å². The molecule has 1 aliphatic rings.